The van der Waals surface area contributed by atoms with Crippen LogP contribution in [0.25, 0.3) is 0 Å². The fourth-order valence-electron chi connectivity index (χ4n) is 4.52. The molecule has 2 N–H and O–H groups in total. The highest BCUT2D eigenvalue weighted by Gasteiger charge is 2.48. The summed E-state index contributed by atoms with van der Waals surface area (Å²) in [5.41, 5.74) is 11.1. The molecule has 0 amide bonds. The van der Waals surface area contributed by atoms with Crippen molar-refractivity contribution in [2.24, 2.45) is 10.8 Å². The lowest BCUT2D eigenvalue weighted by atomic mass is 9.94. The van der Waals surface area contributed by atoms with Gasteiger partial charge in [-0.3, -0.25) is 0 Å². The van der Waals surface area contributed by atoms with E-state index < -0.39 is 16.5 Å². The maximum Gasteiger partial charge on any atom is 0.230 e. The second kappa shape index (κ2) is 10.3. The number of benzene rings is 3. The molecule has 4 aromatic rings. The number of hydrogen-bond acceptors (Lipinski definition) is 7. The monoisotopic (exact) mass is 535 g/mol. The van der Waals surface area contributed by atoms with E-state index in [4.69, 9.17) is 10.8 Å². The van der Waals surface area contributed by atoms with Gasteiger partial charge in [-0.05, 0) is 62.9 Å². The lowest BCUT2D eigenvalue weighted by Gasteiger charge is -2.36. The molecule has 1 aliphatic rings. The van der Waals surface area contributed by atoms with Crippen LogP contribution in [0.5, 0.6) is 0 Å². The number of nitrogens with two attached hydrogens (primary N) is 1. The number of thioether (sulfide) groups is 1. The minimum Gasteiger partial charge on any atom is -0.324 e. The van der Waals surface area contributed by atoms with Gasteiger partial charge >= 0.3 is 0 Å². The first kappa shape index (κ1) is 25.5. The summed E-state index contributed by atoms with van der Waals surface area (Å²) in [6.07, 6.45) is 1.21. The van der Waals surface area contributed by atoms with Crippen molar-refractivity contribution in [3.8, 4) is 0 Å². The lowest BCUT2D eigenvalue weighted by Crippen LogP contribution is -2.38. The van der Waals surface area contributed by atoms with Gasteiger partial charge in [-0.1, -0.05) is 82.8 Å². The molecule has 3 aromatic carbocycles. The van der Waals surface area contributed by atoms with E-state index in [1.165, 1.54) is 29.2 Å². The lowest BCUT2D eigenvalue weighted by molar-refractivity contribution is 0.485. The van der Waals surface area contributed by atoms with Gasteiger partial charge in [0, 0.05) is 11.6 Å². The van der Waals surface area contributed by atoms with Crippen molar-refractivity contribution in [2.45, 2.75) is 44.5 Å². The Labute approximate surface area is 223 Å². The molecule has 1 aliphatic heterocycles. The number of hydrazone groups is 1. The third-order valence-corrected chi connectivity index (χ3v) is 8.65. The van der Waals surface area contributed by atoms with Crippen LogP contribution in [0.2, 0.25) is 0 Å². The van der Waals surface area contributed by atoms with Gasteiger partial charge in [0.25, 0.3) is 0 Å². The first-order valence-electron chi connectivity index (χ1n) is 12.0. The van der Waals surface area contributed by atoms with E-state index in [1.54, 1.807) is 0 Å². The van der Waals surface area contributed by atoms with E-state index in [0.29, 0.717) is 23.0 Å². The number of anilines is 1. The molecule has 5 rings (SSSR count). The zero-order chi connectivity index (χ0) is 26.2. The Kier molecular flexibility index (Phi) is 7.11. The van der Waals surface area contributed by atoms with Crippen LogP contribution in [0.15, 0.2) is 71.8 Å². The zero-order valence-electron chi connectivity index (χ0n) is 20.8. The minimum absolute atomic E-state index is 0.119. The highest BCUT2D eigenvalue weighted by Crippen LogP contribution is 2.53. The molecular formula is C28H27F2N5S2. The van der Waals surface area contributed by atoms with Crippen LogP contribution in [0.3, 0.4) is 0 Å². The molecule has 2 heterocycles. The Bertz CT molecular complexity index is 1470. The molecule has 0 radical (unpaired) electrons. The predicted octanol–water partition coefficient (Wildman–Crippen LogP) is 6.99. The number of aryl methyl sites for hydroxylation is 3. The molecule has 0 saturated carbocycles. The van der Waals surface area contributed by atoms with Crippen LogP contribution in [0.1, 0.15) is 51.7 Å². The van der Waals surface area contributed by atoms with Crippen molar-refractivity contribution in [1.29, 1.82) is 0 Å². The first-order valence-corrected chi connectivity index (χ1v) is 13.6. The van der Waals surface area contributed by atoms with E-state index in [1.807, 2.05) is 62.2 Å². The van der Waals surface area contributed by atoms with Crippen LogP contribution >= 0.6 is 23.1 Å². The molecule has 190 valence electrons. The standard InChI is InChI=1S/C28H27F2N5S2/c1-17-6-4-8-20(14-17)25(31)12-13-28(21-9-5-7-18(2)15-21)35(27-33-32-19(3)36-27)34-26(37-28)23-16-22(29)10-11-24(23)30/h4-11,14-16,25H,12-13,31H2,1-3H3. The van der Waals surface area contributed by atoms with Crippen molar-refractivity contribution in [1.82, 2.24) is 10.2 Å². The summed E-state index contributed by atoms with van der Waals surface area (Å²) in [6.45, 7) is 5.95. The van der Waals surface area contributed by atoms with Gasteiger partial charge in [0.15, 0.2) is 0 Å². The van der Waals surface area contributed by atoms with Gasteiger partial charge < -0.3 is 5.73 Å². The van der Waals surface area contributed by atoms with E-state index in [0.717, 1.165) is 39.4 Å². The summed E-state index contributed by atoms with van der Waals surface area (Å²) >= 11 is 2.81. The van der Waals surface area contributed by atoms with E-state index >= 15 is 0 Å². The molecule has 37 heavy (non-hydrogen) atoms. The topological polar surface area (TPSA) is 67.4 Å². The summed E-state index contributed by atoms with van der Waals surface area (Å²) in [7, 11) is 0. The van der Waals surface area contributed by atoms with Crippen LogP contribution in [-0.2, 0) is 4.87 Å². The van der Waals surface area contributed by atoms with Gasteiger partial charge in [-0.2, -0.15) is 5.10 Å². The van der Waals surface area contributed by atoms with Gasteiger partial charge in [0.05, 0.1) is 0 Å². The molecule has 0 spiro atoms. The van der Waals surface area contributed by atoms with Crippen molar-refractivity contribution in [3.63, 3.8) is 0 Å². The quantitative estimate of drug-likeness (QED) is 0.276. The molecule has 2 unspecified atom stereocenters. The molecular weight excluding hydrogens is 508 g/mol. The SMILES string of the molecule is Cc1cccc(C(N)CCC2(c3cccc(C)c3)SC(c3cc(F)ccc3F)=NN2c2nnc(C)s2)c1. The average molecular weight is 536 g/mol. The minimum atomic E-state index is -0.784. The van der Waals surface area contributed by atoms with Crippen LogP contribution in [-0.4, -0.2) is 15.2 Å². The maximum atomic E-state index is 14.9. The molecule has 9 heteroatoms. The second-order valence-electron chi connectivity index (χ2n) is 9.26. The number of halogens is 2. The number of hydrogen-bond donors (Lipinski definition) is 1. The van der Waals surface area contributed by atoms with Crippen molar-refractivity contribution in [2.75, 3.05) is 5.01 Å². The smallest absolute Gasteiger partial charge is 0.230 e. The molecule has 0 bridgehead atoms. The maximum absolute atomic E-state index is 14.9. The van der Waals surface area contributed by atoms with Crippen LogP contribution < -0.4 is 10.7 Å². The third kappa shape index (κ3) is 5.16. The third-order valence-electron chi connectivity index (χ3n) is 6.39. The Morgan fingerprint density at radius 3 is 2.41 bits per heavy atom. The number of nitrogens with zero attached hydrogens (tertiary/aromatic N) is 4. The van der Waals surface area contributed by atoms with Gasteiger partial charge in [0.2, 0.25) is 5.13 Å². The molecule has 2 atom stereocenters. The molecule has 0 aliphatic carbocycles. The first-order chi connectivity index (χ1) is 17.7. The van der Waals surface area contributed by atoms with E-state index in [-0.39, 0.29) is 11.6 Å². The summed E-state index contributed by atoms with van der Waals surface area (Å²) in [4.78, 5) is -0.784. The Morgan fingerprint density at radius 2 is 1.70 bits per heavy atom. The Morgan fingerprint density at radius 1 is 0.946 bits per heavy atom. The van der Waals surface area contributed by atoms with Crippen molar-refractivity contribution in [3.05, 3.63) is 111 Å². The van der Waals surface area contributed by atoms with Gasteiger partial charge in [0.1, 0.15) is 26.6 Å². The highest BCUT2D eigenvalue weighted by atomic mass is 32.2. The summed E-state index contributed by atoms with van der Waals surface area (Å²) in [5, 5.41) is 17.0. The molecule has 0 saturated heterocycles. The van der Waals surface area contributed by atoms with Crippen molar-refractivity contribution < 1.29 is 8.78 Å². The van der Waals surface area contributed by atoms with Crippen LogP contribution in [0, 0.1) is 32.4 Å². The molecule has 5 nitrogen and oxygen atoms in total. The molecule has 0 fully saturated rings. The van der Waals surface area contributed by atoms with E-state index in [2.05, 4.69) is 22.3 Å². The highest BCUT2D eigenvalue weighted by molar-refractivity contribution is 8.15. The van der Waals surface area contributed by atoms with Crippen LogP contribution in [0.4, 0.5) is 13.9 Å². The summed E-state index contributed by atoms with van der Waals surface area (Å²) < 4.78 is 29.1. The normalized spacial score (nSPS) is 18.2. The van der Waals surface area contributed by atoms with Gasteiger partial charge in [-0.25, -0.2) is 13.8 Å². The number of aromatic nitrogens is 2. The second-order valence-corrected chi connectivity index (χ2v) is 11.7. The largest absolute Gasteiger partial charge is 0.324 e. The zero-order valence-corrected chi connectivity index (χ0v) is 22.4. The predicted molar refractivity (Wildman–Crippen MR) is 148 cm³/mol. The van der Waals surface area contributed by atoms with Crippen molar-refractivity contribution >= 4 is 33.3 Å². The fourth-order valence-corrected chi connectivity index (χ4v) is 6.68. The van der Waals surface area contributed by atoms with Gasteiger partial charge in [-0.15, -0.1) is 10.2 Å². The summed E-state index contributed by atoms with van der Waals surface area (Å²) in [5.74, 6) is -1.05. The fraction of sp³-hybridized carbons (Fsp3) is 0.250. The van der Waals surface area contributed by atoms with E-state index in [9.17, 15) is 8.78 Å². The number of rotatable bonds is 7. The summed E-state index contributed by atoms with van der Waals surface area (Å²) in [6, 6.07) is 19.6. The molecule has 1 aromatic heterocycles. The Balaban J connectivity index is 1.61. The average Bonchev–Trinajstić information content (AvgIpc) is 3.48. The Hall–Kier alpha value is -3.14.